The molecule has 3 heterocycles. The number of aryl methyl sites for hydroxylation is 1. The summed E-state index contributed by atoms with van der Waals surface area (Å²) in [6.45, 7) is 5.37. The Bertz CT molecular complexity index is 487. The average molecular weight is 278 g/mol. The van der Waals surface area contributed by atoms with Crippen molar-refractivity contribution in [3.8, 4) is 0 Å². The van der Waals surface area contributed by atoms with Crippen molar-refractivity contribution >= 4 is 11.6 Å². The van der Waals surface area contributed by atoms with Crippen LogP contribution in [-0.4, -0.2) is 59.0 Å². The molecule has 2 fully saturated rings. The van der Waals surface area contributed by atoms with Crippen LogP contribution >= 0.6 is 0 Å². The lowest BCUT2D eigenvalue weighted by Crippen LogP contribution is -2.50. The predicted molar refractivity (Wildman–Crippen MR) is 75.6 cm³/mol. The summed E-state index contributed by atoms with van der Waals surface area (Å²) in [6, 6.07) is 0.00755. The zero-order chi connectivity index (χ0) is 14.1. The second-order valence-corrected chi connectivity index (χ2v) is 5.56. The minimum atomic E-state index is 0.00755. The number of hydrogen-bond acceptors (Lipinski definition) is 4. The summed E-state index contributed by atoms with van der Waals surface area (Å²) in [4.78, 5) is 16.8. The third kappa shape index (κ3) is 2.45. The van der Waals surface area contributed by atoms with E-state index < -0.39 is 0 Å². The maximum atomic E-state index is 12.6. The molecule has 6 nitrogen and oxygen atoms in total. The number of rotatable bonds is 3. The number of anilines is 1. The zero-order valence-corrected chi connectivity index (χ0v) is 12.2. The van der Waals surface area contributed by atoms with Gasteiger partial charge in [-0.25, -0.2) is 0 Å². The van der Waals surface area contributed by atoms with Crippen LogP contribution in [0.15, 0.2) is 12.4 Å². The maximum Gasteiger partial charge on any atom is 0.244 e. The molecule has 1 amide bonds. The number of carbonyl (C=O) groups is 1. The third-order valence-corrected chi connectivity index (χ3v) is 4.25. The summed E-state index contributed by atoms with van der Waals surface area (Å²) in [5, 5.41) is 4.15. The first-order chi connectivity index (χ1) is 9.69. The highest BCUT2D eigenvalue weighted by Crippen LogP contribution is 2.25. The van der Waals surface area contributed by atoms with Gasteiger partial charge in [-0.3, -0.25) is 14.4 Å². The molecule has 2 aliphatic heterocycles. The highest BCUT2D eigenvalue weighted by molar-refractivity contribution is 5.99. The first-order valence-corrected chi connectivity index (χ1v) is 7.34. The topological polar surface area (TPSA) is 50.6 Å². The first-order valence-electron chi connectivity index (χ1n) is 7.34. The highest BCUT2D eigenvalue weighted by atomic mass is 16.5. The van der Waals surface area contributed by atoms with Gasteiger partial charge in [0, 0.05) is 32.9 Å². The lowest BCUT2D eigenvalue weighted by Gasteiger charge is -2.35. The summed E-state index contributed by atoms with van der Waals surface area (Å²) in [5.41, 5.74) is 0.903. The van der Waals surface area contributed by atoms with E-state index in [0.717, 1.165) is 44.8 Å². The van der Waals surface area contributed by atoms with Crippen LogP contribution in [0, 0.1) is 0 Å². The van der Waals surface area contributed by atoms with E-state index in [9.17, 15) is 4.79 Å². The Kier molecular flexibility index (Phi) is 3.76. The first kappa shape index (κ1) is 13.6. The number of carbonyl (C=O) groups excluding carboxylic acids is 1. The summed E-state index contributed by atoms with van der Waals surface area (Å²) in [6.07, 6.45) is 5.82. The van der Waals surface area contributed by atoms with E-state index >= 15 is 0 Å². The molecule has 6 heteroatoms. The van der Waals surface area contributed by atoms with Gasteiger partial charge in [-0.15, -0.1) is 0 Å². The Labute approximate surface area is 119 Å². The van der Waals surface area contributed by atoms with E-state index in [1.165, 1.54) is 0 Å². The lowest BCUT2D eigenvalue weighted by molar-refractivity contribution is -0.124. The second kappa shape index (κ2) is 5.54. The molecule has 2 atom stereocenters. The van der Waals surface area contributed by atoms with Crippen LogP contribution in [0.2, 0.25) is 0 Å². The lowest BCUT2D eigenvalue weighted by atomic mass is 10.1. The van der Waals surface area contributed by atoms with Gasteiger partial charge in [0.25, 0.3) is 0 Å². The van der Waals surface area contributed by atoms with Crippen molar-refractivity contribution in [1.29, 1.82) is 0 Å². The molecule has 0 aliphatic carbocycles. The van der Waals surface area contributed by atoms with Crippen molar-refractivity contribution in [2.45, 2.75) is 31.9 Å². The Hall–Kier alpha value is -1.40. The van der Waals surface area contributed by atoms with Gasteiger partial charge in [-0.05, 0) is 12.8 Å². The molecular weight excluding hydrogens is 256 g/mol. The molecule has 0 aromatic carbocycles. The van der Waals surface area contributed by atoms with E-state index in [4.69, 9.17) is 4.74 Å². The molecule has 3 rings (SSSR count). The molecule has 1 aromatic heterocycles. The van der Waals surface area contributed by atoms with Crippen molar-refractivity contribution < 1.29 is 9.53 Å². The average Bonchev–Trinajstić information content (AvgIpc) is 3.05. The highest BCUT2D eigenvalue weighted by Gasteiger charge is 2.38. The zero-order valence-electron chi connectivity index (χ0n) is 12.2. The van der Waals surface area contributed by atoms with Gasteiger partial charge in [-0.2, -0.15) is 5.10 Å². The third-order valence-electron chi connectivity index (χ3n) is 4.25. The molecule has 0 bridgehead atoms. The van der Waals surface area contributed by atoms with E-state index in [-0.39, 0.29) is 18.1 Å². The normalized spacial score (nSPS) is 28.3. The van der Waals surface area contributed by atoms with Gasteiger partial charge in [0.15, 0.2) is 0 Å². The second-order valence-electron chi connectivity index (χ2n) is 5.56. The SMILES string of the molecule is CC[C@H]1CN([C@H]2CCN(c3cnn(C)c3)C2=O)CCO1. The number of nitrogens with zero attached hydrogens (tertiary/aromatic N) is 4. The largest absolute Gasteiger partial charge is 0.376 e. The van der Waals surface area contributed by atoms with Gasteiger partial charge >= 0.3 is 0 Å². The Balaban J connectivity index is 1.69. The van der Waals surface area contributed by atoms with Crippen LogP contribution in [0.3, 0.4) is 0 Å². The van der Waals surface area contributed by atoms with Crippen LogP contribution in [0.1, 0.15) is 19.8 Å². The molecule has 2 aliphatic rings. The Morgan fingerprint density at radius 1 is 1.45 bits per heavy atom. The van der Waals surface area contributed by atoms with E-state index in [0.29, 0.717) is 0 Å². The molecule has 0 saturated carbocycles. The number of morpholine rings is 1. The molecule has 0 unspecified atom stereocenters. The smallest absolute Gasteiger partial charge is 0.244 e. The van der Waals surface area contributed by atoms with Gasteiger partial charge in [0.1, 0.15) is 0 Å². The quantitative estimate of drug-likeness (QED) is 0.814. The fourth-order valence-electron chi connectivity index (χ4n) is 3.08. The summed E-state index contributed by atoms with van der Waals surface area (Å²) in [5.74, 6) is 0.203. The fourth-order valence-corrected chi connectivity index (χ4v) is 3.08. The molecular formula is C14H22N4O2. The number of ether oxygens (including phenoxy) is 1. The molecule has 0 spiro atoms. The van der Waals surface area contributed by atoms with E-state index in [1.54, 1.807) is 10.9 Å². The molecule has 110 valence electrons. The van der Waals surface area contributed by atoms with Crippen molar-refractivity contribution in [1.82, 2.24) is 14.7 Å². The van der Waals surface area contributed by atoms with E-state index in [1.807, 2.05) is 18.1 Å². The summed E-state index contributed by atoms with van der Waals surface area (Å²) in [7, 11) is 1.87. The van der Waals surface area contributed by atoms with Crippen LogP contribution < -0.4 is 4.90 Å². The standard InChI is InChI=1S/C14H22N4O2/c1-3-12-10-17(6-7-20-12)13-4-5-18(14(13)19)11-8-15-16(2)9-11/h8-9,12-13H,3-7,10H2,1-2H3/t12-,13-/m0/s1. The maximum absolute atomic E-state index is 12.6. The molecule has 2 saturated heterocycles. The fraction of sp³-hybridized carbons (Fsp3) is 0.714. The van der Waals surface area contributed by atoms with Crippen LogP contribution in [0.4, 0.5) is 5.69 Å². The number of hydrogen-bond donors (Lipinski definition) is 0. The van der Waals surface area contributed by atoms with E-state index in [2.05, 4.69) is 16.9 Å². The minimum absolute atomic E-state index is 0.00755. The number of aromatic nitrogens is 2. The van der Waals surface area contributed by atoms with Crippen molar-refractivity contribution in [3.63, 3.8) is 0 Å². The number of amides is 1. The van der Waals surface area contributed by atoms with Crippen LogP contribution in [0.25, 0.3) is 0 Å². The molecule has 20 heavy (non-hydrogen) atoms. The molecule has 1 aromatic rings. The van der Waals surface area contributed by atoms with Crippen molar-refractivity contribution in [2.75, 3.05) is 31.1 Å². The van der Waals surface area contributed by atoms with Crippen LogP contribution in [0.5, 0.6) is 0 Å². The van der Waals surface area contributed by atoms with Crippen LogP contribution in [-0.2, 0) is 16.6 Å². The predicted octanol–water partition coefficient (Wildman–Crippen LogP) is 0.636. The summed E-state index contributed by atoms with van der Waals surface area (Å²) < 4.78 is 7.42. The Morgan fingerprint density at radius 2 is 2.30 bits per heavy atom. The molecule has 0 radical (unpaired) electrons. The monoisotopic (exact) mass is 278 g/mol. The minimum Gasteiger partial charge on any atom is -0.376 e. The Morgan fingerprint density at radius 3 is 3.00 bits per heavy atom. The van der Waals surface area contributed by atoms with Gasteiger partial charge in [-0.1, -0.05) is 6.92 Å². The summed E-state index contributed by atoms with van der Waals surface area (Å²) >= 11 is 0. The van der Waals surface area contributed by atoms with Gasteiger partial charge < -0.3 is 9.64 Å². The van der Waals surface area contributed by atoms with Gasteiger partial charge in [0.05, 0.1) is 30.6 Å². The van der Waals surface area contributed by atoms with Gasteiger partial charge in [0.2, 0.25) is 5.91 Å². The van der Waals surface area contributed by atoms with Crippen molar-refractivity contribution in [2.24, 2.45) is 7.05 Å². The van der Waals surface area contributed by atoms with Crippen molar-refractivity contribution in [3.05, 3.63) is 12.4 Å². The molecule has 0 N–H and O–H groups in total.